The molecule has 0 radical (unpaired) electrons. The molecule has 3 aliphatic heterocycles. The Morgan fingerprint density at radius 3 is 1.67 bits per heavy atom. The Bertz CT molecular complexity index is 5630. The Kier molecular flexibility index (Phi) is 42.7. The van der Waals surface area contributed by atoms with Crippen molar-refractivity contribution in [3.8, 4) is 5.75 Å². The molecule has 15 amide bonds. The number of thioether (sulfide) groups is 1. The number of likely N-dealkylation sites (N-methyl/N-ethyl adjacent to an activating group) is 3. The van der Waals surface area contributed by atoms with Crippen LogP contribution >= 0.6 is 11.8 Å². The second-order valence-corrected chi connectivity index (χ2v) is 38.3. The number of carboxylic acid groups (broad SMARTS) is 2. The minimum absolute atomic E-state index is 0.00579. The SMILES string of the molecule is CCCC[C@H]1C(=O)N(C)[C@@H](CCCC)C(=O)N[C@@H](CCC(=O)O)C(=O)N[C@H](C(=O)NCC(N)=O)CSCC(=O)N[C@@H](Cc2ccc(O)cc2)C(=O)N(C)[C@@H](C)C(=O)N[C@@H](CC(=O)O)C(=O)N2CCC[C@H]2C(=O)N[C@@H](Cc2c[nH]cn2)C(=O)N[C@@H](CCCCN)C(=O)N2C[C@H](Cc3ccccc3)C[C@H]2C(=O)C[C@@H](Cc2c[nH]c3ccccc23)C(=O)N[C@@H](CCCCN)C(=O)N[C@@H](Cc2c[nH]c3ccccc23)C(=O)N1C. The maximum atomic E-state index is 16.1. The molecule has 3 aliphatic rings. The van der Waals surface area contributed by atoms with E-state index in [-0.39, 0.29) is 128 Å². The Morgan fingerprint density at radius 1 is 0.500 bits per heavy atom. The molecule has 3 fully saturated rings. The van der Waals surface area contributed by atoms with Crippen LogP contribution in [0, 0.1) is 11.8 Å². The lowest BCUT2D eigenvalue weighted by Crippen LogP contribution is -2.60. The number of rotatable bonds is 32. The number of aromatic hydroxyl groups is 1. The summed E-state index contributed by atoms with van der Waals surface area (Å²) in [7, 11) is 3.90. The third-order valence-electron chi connectivity index (χ3n) is 26.7. The van der Waals surface area contributed by atoms with Crippen LogP contribution in [0.1, 0.15) is 171 Å². The van der Waals surface area contributed by atoms with Gasteiger partial charge in [0.25, 0.3) is 0 Å². The number of ketones is 1. The highest BCUT2D eigenvalue weighted by Crippen LogP contribution is 2.33. The van der Waals surface area contributed by atoms with Gasteiger partial charge in [-0.3, -0.25) is 86.3 Å². The van der Waals surface area contributed by atoms with Crippen molar-refractivity contribution in [2.45, 2.75) is 253 Å². The number of nitrogens with two attached hydrogens (primary N) is 3. The molecule has 144 heavy (non-hydrogen) atoms. The second kappa shape index (κ2) is 54.9. The first-order chi connectivity index (χ1) is 69.0. The number of unbranched alkanes of at least 4 members (excludes halogenated alkanes) is 4. The number of phenols is 1. The number of primary amides is 1. The van der Waals surface area contributed by atoms with Crippen molar-refractivity contribution in [2.24, 2.45) is 29.0 Å². The molecule has 0 unspecified atom stereocenters. The molecule has 21 N–H and O–H groups in total. The fourth-order valence-corrected chi connectivity index (χ4v) is 19.5. The molecule has 778 valence electrons. The fraction of sp³-hybridized carbons (Fsp3) is 0.515. The van der Waals surface area contributed by atoms with E-state index < -0.39 is 240 Å². The van der Waals surface area contributed by atoms with Gasteiger partial charge in [-0.2, -0.15) is 0 Å². The monoisotopic (exact) mass is 2010 g/mol. The first kappa shape index (κ1) is 112. The quantitative estimate of drug-likeness (QED) is 0.0268. The molecule has 0 aliphatic carbocycles. The Balaban J connectivity index is 1.06. The number of hydrogen-bond acceptors (Lipinski definition) is 23. The zero-order chi connectivity index (χ0) is 104. The Labute approximate surface area is 839 Å². The first-order valence-electron chi connectivity index (χ1n) is 49.2. The van der Waals surface area contributed by atoms with Gasteiger partial charge < -0.3 is 120 Å². The molecular weight excluding hydrogens is 1880 g/mol. The number of nitrogens with zero attached hydrogens (tertiary/aromatic N) is 6. The fourth-order valence-electron chi connectivity index (χ4n) is 18.6. The largest absolute Gasteiger partial charge is 0.508 e. The van der Waals surface area contributed by atoms with E-state index in [9.17, 15) is 53.7 Å². The summed E-state index contributed by atoms with van der Waals surface area (Å²) >= 11 is 0.712. The third kappa shape index (κ3) is 31.7. The number of Topliss-reactive ketones (excluding diaryl/α,β-unsaturated/α-hetero) is 1. The van der Waals surface area contributed by atoms with Crippen LogP contribution in [0.2, 0.25) is 0 Å². The number of para-hydroxylation sites is 2. The number of nitrogens with one attached hydrogen (secondary N) is 12. The number of phenolic OH excluding ortho intramolecular Hbond substituents is 1. The molecule has 7 aromatic rings. The molecule has 3 aromatic heterocycles. The van der Waals surface area contributed by atoms with E-state index >= 15 is 47.9 Å². The van der Waals surface area contributed by atoms with Crippen molar-refractivity contribution in [1.82, 2.24) is 92.3 Å². The number of H-pyrrole nitrogens is 3. The number of aromatic amines is 3. The van der Waals surface area contributed by atoms with Gasteiger partial charge in [-0.05, 0) is 162 Å². The van der Waals surface area contributed by atoms with E-state index in [1.807, 2.05) is 80.6 Å². The zero-order valence-corrected chi connectivity index (χ0v) is 83.0. The summed E-state index contributed by atoms with van der Waals surface area (Å²) < 4.78 is 0. The maximum absolute atomic E-state index is 16.1. The lowest BCUT2D eigenvalue weighted by atomic mass is 9.88. The molecule has 6 heterocycles. The average molecular weight is 2010 g/mol. The van der Waals surface area contributed by atoms with Crippen molar-refractivity contribution < 1.29 is 102 Å². The Morgan fingerprint density at radius 2 is 1.05 bits per heavy atom. The summed E-state index contributed by atoms with van der Waals surface area (Å²) in [5, 5.41) is 56.3. The van der Waals surface area contributed by atoms with Crippen LogP contribution in [0.25, 0.3) is 21.8 Å². The Hall–Kier alpha value is -14.1. The normalized spacial score (nSPS) is 24.0. The number of imidazole rings is 1. The van der Waals surface area contributed by atoms with Gasteiger partial charge in [0.1, 0.15) is 78.3 Å². The molecular formula is C101H137N21O21S. The summed E-state index contributed by atoms with van der Waals surface area (Å²) in [5.74, 6) is -20.2. The van der Waals surface area contributed by atoms with Gasteiger partial charge in [0.2, 0.25) is 88.6 Å². The number of carbonyl (C=O) groups is 18. The number of aliphatic carboxylic acids is 2. The third-order valence-corrected chi connectivity index (χ3v) is 27.8. The zero-order valence-electron chi connectivity index (χ0n) is 82.2. The standard InChI is InChI=1S/C101H137N21O21S/c1-7-9-31-80-95(137)112-73(38-39-87(127)128)93(135)117-79(91(133)108-54-85(104)125)56-144-57-86(126)110-76(44-61-34-36-67(123)37-35-61)97(139)118(4)59(3)89(131)115-78(50-88(129)130)100(142)121-42-22-33-81(121)96(138)114-75(49-66-53-105-58-109-66)94(136)113-74(30-19-21-41-103)99(141)122-55-62(43-60-23-12-11-13-24-60)45-83(122)84(124)48-63(46-64-51-106-70-27-16-14-25-68(64)70)90(132)111-72(29-18-20-40-102)92(134)116-77(47-65-52-107-71-28-17-15-26-69(65)71)98(140)120(6)82(32-10-8-2)101(143)119(80)5/h11-17,23-28,34-37,51-53,58-59,62-63,72-83,106-107,123H,7-10,18-22,29-33,38-50,54-57,102-103H2,1-6H3,(H2,104,125)(H,105,109)(H,108,133)(H,110,126)(H,111,132)(H,112,137)(H,113,136)(H,114,138)(H,115,131)(H,116,134)(H,117,135)(H,127,128)(H,129,130)/t59-,62+,63+,72-,73-,74-,75-,76-,77-,78-,79-,80-,81-,82-,83-/m0/s1. The predicted molar refractivity (Wildman–Crippen MR) is 534 cm³/mol. The van der Waals surface area contributed by atoms with Crippen LogP contribution in [0.15, 0.2) is 128 Å². The van der Waals surface area contributed by atoms with E-state index in [4.69, 9.17) is 17.2 Å². The maximum Gasteiger partial charge on any atom is 0.305 e. The summed E-state index contributed by atoms with van der Waals surface area (Å²) in [5.41, 5.74) is 21.7. The minimum Gasteiger partial charge on any atom is -0.508 e. The van der Waals surface area contributed by atoms with Gasteiger partial charge in [-0.25, -0.2) is 4.98 Å². The van der Waals surface area contributed by atoms with Crippen molar-refractivity contribution in [3.05, 3.63) is 156 Å². The molecule has 0 saturated carbocycles. The highest BCUT2D eigenvalue weighted by atomic mass is 32.2. The number of benzene rings is 4. The summed E-state index contributed by atoms with van der Waals surface area (Å²) in [4.78, 5) is 286. The van der Waals surface area contributed by atoms with E-state index in [1.165, 1.54) is 74.7 Å². The lowest BCUT2D eigenvalue weighted by Gasteiger charge is -2.36. The number of carboxylic acids is 2. The summed E-state index contributed by atoms with van der Waals surface area (Å²) in [6.07, 6.45) is 5.58. The summed E-state index contributed by atoms with van der Waals surface area (Å²) in [6.45, 7) is 4.33. The van der Waals surface area contributed by atoms with Crippen LogP contribution in [0.5, 0.6) is 5.75 Å². The second-order valence-electron chi connectivity index (χ2n) is 37.3. The van der Waals surface area contributed by atoms with Gasteiger partial charge in [0.05, 0.1) is 36.8 Å². The number of amides is 15. The lowest BCUT2D eigenvalue weighted by molar-refractivity contribution is -0.149. The van der Waals surface area contributed by atoms with Gasteiger partial charge in [0, 0.05) is 118 Å². The minimum atomic E-state index is -1.91. The van der Waals surface area contributed by atoms with Crippen molar-refractivity contribution in [1.29, 1.82) is 0 Å². The van der Waals surface area contributed by atoms with Crippen molar-refractivity contribution >= 4 is 140 Å². The van der Waals surface area contributed by atoms with Crippen LogP contribution in [0.3, 0.4) is 0 Å². The van der Waals surface area contributed by atoms with Crippen molar-refractivity contribution in [2.75, 3.05) is 65.4 Å². The molecule has 15 atom stereocenters. The number of aromatic nitrogens is 4. The molecule has 0 spiro atoms. The van der Waals surface area contributed by atoms with E-state index in [1.54, 1.807) is 24.5 Å². The molecule has 3 saturated heterocycles. The van der Waals surface area contributed by atoms with Crippen LogP contribution < -0.4 is 65.1 Å². The molecule has 4 aromatic carbocycles. The van der Waals surface area contributed by atoms with Gasteiger partial charge in [-0.15, -0.1) is 11.8 Å². The smallest absolute Gasteiger partial charge is 0.305 e. The number of carbonyl (C=O) groups excluding carboxylic acids is 16. The van der Waals surface area contributed by atoms with Crippen LogP contribution in [-0.2, 0) is 118 Å². The predicted octanol–water partition coefficient (Wildman–Crippen LogP) is 2.08. The van der Waals surface area contributed by atoms with Gasteiger partial charge in [0.15, 0.2) is 5.78 Å². The average Bonchev–Trinajstić information content (AvgIpc) is 1.64. The van der Waals surface area contributed by atoms with E-state index in [0.717, 1.165) is 20.3 Å². The molecule has 10 rings (SSSR count). The summed E-state index contributed by atoms with van der Waals surface area (Å²) in [6, 6.07) is 9.44. The first-order valence-corrected chi connectivity index (χ1v) is 50.4. The van der Waals surface area contributed by atoms with E-state index in [0.29, 0.717) is 88.8 Å². The van der Waals surface area contributed by atoms with Crippen LogP contribution in [-0.4, -0.2) is 310 Å². The van der Waals surface area contributed by atoms with E-state index in [2.05, 4.69) is 67.8 Å². The van der Waals surface area contributed by atoms with Gasteiger partial charge >= 0.3 is 11.9 Å². The number of fused-ring (bicyclic) bond motifs is 4. The van der Waals surface area contributed by atoms with Crippen LogP contribution in [0.4, 0.5) is 0 Å². The topological polar surface area (TPSA) is 631 Å². The highest BCUT2D eigenvalue weighted by Gasteiger charge is 2.47. The molecule has 0 bridgehead atoms. The highest BCUT2D eigenvalue weighted by molar-refractivity contribution is 8.00. The van der Waals surface area contributed by atoms with Gasteiger partial charge in [-0.1, -0.05) is 118 Å². The molecule has 43 heteroatoms. The van der Waals surface area contributed by atoms with Crippen molar-refractivity contribution in [3.63, 3.8) is 0 Å². The molecule has 42 nitrogen and oxygen atoms in total. The number of hydrogen-bond donors (Lipinski definition) is 18.